The van der Waals surface area contributed by atoms with Crippen molar-refractivity contribution in [1.82, 2.24) is 4.98 Å². The number of benzene rings is 2. The van der Waals surface area contributed by atoms with Gasteiger partial charge in [0.1, 0.15) is 17.4 Å². The Hall–Kier alpha value is -4.02. The van der Waals surface area contributed by atoms with Crippen LogP contribution in [0.1, 0.15) is 23.6 Å². The van der Waals surface area contributed by atoms with Crippen molar-refractivity contribution in [2.45, 2.75) is 13.8 Å². The van der Waals surface area contributed by atoms with E-state index in [1.165, 1.54) is 13.2 Å². The number of pyridine rings is 1. The van der Waals surface area contributed by atoms with Gasteiger partial charge in [0.05, 0.1) is 18.7 Å². The Morgan fingerprint density at radius 1 is 1.27 bits per heavy atom. The van der Waals surface area contributed by atoms with Gasteiger partial charge >= 0.3 is 0 Å². The van der Waals surface area contributed by atoms with Gasteiger partial charge in [0, 0.05) is 18.0 Å². The lowest BCUT2D eigenvalue weighted by molar-refractivity contribution is -0.111. The van der Waals surface area contributed by atoms with Crippen molar-refractivity contribution in [2.75, 3.05) is 19.0 Å². The third-order valence-electron chi connectivity index (χ3n) is 4.52. The molecule has 1 N–H and O–H groups in total. The minimum atomic E-state index is -0.312. The van der Waals surface area contributed by atoms with Gasteiger partial charge in [-0.15, -0.1) is 0 Å². The number of nitriles is 1. The molecular weight excluding hydrogens is 442 g/mol. The van der Waals surface area contributed by atoms with Crippen LogP contribution in [0.25, 0.3) is 6.08 Å². The van der Waals surface area contributed by atoms with Crippen molar-refractivity contribution < 1.29 is 19.0 Å². The highest BCUT2D eigenvalue weighted by atomic mass is 35.5. The maximum absolute atomic E-state index is 12.5. The van der Waals surface area contributed by atoms with Gasteiger partial charge in [0.2, 0.25) is 11.8 Å². The lowest BCUT2D eigenvalue weighted by atomic mass is 10.1. The Morgan fingerprint density at radius 3 is 2.79 bits per heavy atom. The summed E-state index contributed by atoms with van der Waals surface area (Å²) in [7, 11) is 1.52. The van der Waals surface area contributed by atoms with E-state index < -0.39 is 0 Å². The molecule has 0 aliphatic rings. The first-order valence-corrected chi connectivity index (χ1v) is 10.5. The molecule has 0 atom stereocenters. The van der Waals surface area contributed by atoms with Crippen LogP contribution in [-0.2, 0) is 4.79 Å². The maximum Gasteiger partial charge on any atom is 0.248 e. The molecule has 1 amide bonds. The molecule has 168 valence electrons. The molecule has 0 saturated heterocycles. The second-order valence-corrected chi connectivity index (χ2v) is 7.24. The molecule has 8 heteroatoms. The molecule has 1 heterocycles. The lowest BCUT2D eigenvalue weighted by Gasteiger charge is -2.12. The van der Waals surface area contributed by atoms with Crippen molar-refractivity contribution in [2.24, 2.45) is 0 Å². The molecule has 1 aromatic heterocycles. The molecule has 0 unspecified atom stereocenters. The summed E-state index contributed by atoms with van der Waals surface area (Å²) >= 11 is 6.25. The van der Waals surface area contributed by atoms with Gasteiger partial charge in [0.15, 0.2) is 11.5 Å². The molecule has 3 rings (SSSR count). The van der Waals surface area contributed by atoms with E-state index in [-0.39, 0.29) is 11.8 Å². The third-order valence-corrected chi connectivity index (χ3v) is 4.81. The molecule has 0 bridgehead atoms. The SMILES string of the molecule is CCOc1cc(/C=C/C(=O)Nc2ccc(Oc3ncccc3C#N)cc2C)cc(Cl)c1OC. The fraction of sp³-hybridized carbons (Fsp3) is 0.160. The van der Waals surface area contributed by atoms with Crippen LogP contribution in [0.4, 0.5) is 5.69 Å². The van der Waals surface area contributed by atoms with E-state index in [1.54, 1.807) is 54.7 Å². The number of methoxy groups -OCH3 is 1. The highest BCUT2D eigenvalue weighted by Gasteiger charge is 2.11. The molecule has 0 spiro atoms. The predicted octanol–water partition coefficient (Wildman–Crippen LogP) is 5.77. The van der Waals surface area contributed by atoms with E-state index in [9.17, 15) is 4.79 Å². The van der Waals surface area contributed by atoms with Crippen LogP contribution in [0.5, 0.6) is 23.1 Å². The molecule has 0 aliphatic carbocycles. The second kappa shape index (κ2) is 11.0. The van der Waals surface area contributed by atoms with Gasteiger partial charge in [-0.25, -0.2) is 4.98 Å². The number of hydrogen-bond acceptors (Lipinski definition) is 6. The van der Waals surface area contributed by atoms with Crippen molar-refractivity contribution in [3.05, 3.63) is 76.5 Å². The zero-order chi connectivity index (χ0) is 23.8. The number of carbonyl (C=O) groups is 1. The Morgan fingerprint density at radius 2 is 2.09 bits per heavy atom. The number of ether oxygens (including phenoxy) is 3. The topological polar surface area (TPSA) is 93.5 Å². The number of hydrogen-bond donors (Lipinski definition) is 1. The third kappa shape index (κ3) is 6.03. The number of carbonyl (C=O) groups excluding carboxylic acids is 1. The second-order valence-electron chi connectivity index (χ2n) is 6.84. The summed E-state index contributed by atoms with van der Waals surface area (Å²) in [6, 6.07) is 14.0. The number of amides is 1. The smallest absolute Gasteiger partial charge is 0.248 e. The van der Waals surface area contributed by atoms with Crippen molar-refractivity contribution in [1.29, 1.82) is 5.26 Å². The van der Waals surface area contributed by atoms with Crippen LogP contribution >= 0.6 is 11.6 Å². The van der Waals surface area contributed by atoms with E-state index >= 15 is 0 Å². The first-order valence-electron chi connectivity index (χ1n) is 10.1. The molecule has 0 aliphatic heterocycles. The van der Waals surface area contributed by atoms with E-state index in [1.807, 2.05) is 19.9 Å². The van der Waals surface area contributed by atoms with Gasteiger partial charge in [-0.1, -0.05) is 11.6 Å². The molecule has 33 heavy (non-hydrogen) atoms. The molecule has 3 aromatic rings. The molecule has 0 fully saturated rings. The van der Waals surface area contributed by atoms with E-state index in [4.69, 9.17) is 31.1 Å². The standard InChI is InChI=1S/C25H22ClN3O4/c1-4-32-22-14-17(13-20(26)24(22)31-3)7-10-23(30)29-21-9-8-19(12-16(21)2)33-25-18(15-27)6-5-11-28-25/h5-14H,4H2,1-3H3,(H,29,30)/b10-7+. The first kappa shape index (κ1) is 23.6. The van der Waals surface area contributed by atoms with Gasteiger partial charge in [-0.3, -0.25) is 4.79 Å². The average molecular weight is 464 g/mol. The van der Waals surface area contributed by atoms with Gasteiger partial charge < -0.3 is 19.5 Å². The van der Waals surface area contributed by atoms with Crippen LogP contribution in [0.3, 0.4) is 0 Å². The molecule has 0 saturated carbocycles. The summed E-state index contributed by atoms with van der Waals surface area (Å²) in [5.74, 6) is 1.38. The largest absolute Gasteiger partial charge is 0.491 e. The van der Waals surface area contributed by atoms with E-state index in [0.717, 1.165) is 5.56 Å². The average Bonchev–Trinajstić information content (AvgIpc) is 2.80. The summed E-state index contributed by atoms with van der Waals surface area (Å²) in [4.78, 5) is 16.5. The van der Waals surface area contributed by atoms with Gasteiger partial charge in [0.25, 0.3) is 0 Å². The fourth-order valence-corrected chi connectivity index (χ4v) is 3.30. The molecule has 0 radical (unpaired) electrons. The zero-order valence-corrected chi connectivity index (χ0v) is 19.1. The van der Waals surface area contributed by atoms with Gasteiger partial charge in [-0.05, 0) is 73.5 Å². The van der Waals surface area contributed by atoms with E-state index in [2.05, 4.69) is 10.3 Å². The number of aryl methyl sites for hydroxylation is 1. The summed E-state index contributed by atoms with van der Waals surface area (Å²) in [6.07, 6.45) is 4.60. The molecule has 7 nitrogen and oxygen atoms in total. The number of aromatic nitrogens is 1. The summed E-state index contributed by atoms with van der Waals surface area (Å²) in [6.45, 7) is 4.16. The Kier molecular flexibility index (Phi) is 7.90. The number of nitrogens with zero attached hydrogens (tertiary/aromatic N) is 2. The number of rotatable bonds is 8. The highest BCUT2D eigenvalue weighted by molar-refractivity contribution is 6.32. The van der Waals surface area contributed by atoms with Crippen LogP contribution in [0.2, 0.25) is 5.02 Å². The summed E-state index contributed by atoms with van der Waals surface area (Å²) < 4.78 is 16.5. The van der Waals surface area contributed by atoms with Crippen molar-refractivity contribution >= 4 is 29.3 Å². The fourth-order valence-electron chi connectivity index (χ4n) is 3.00. The Balaban J connectivity index is 1.71. The summed E-state index contributed by atoms with van der Waals surface area (Å²) in [5, 5.41) is 12.4. The van der Waals surface area contributed by atoms with Crippen LogP contribution < -0.4 is 19.5 Å². The Labute approximate surface area is 197 Å². The molecular formula is C25H22ClN3O4. The number of halogens is 1. The Bertz CT molecular complexity index is 1230. The predicted molar refractivity (Wildman–Crippen MR) is 127 cm³/mol. The maximum atomic E-state index is 12.5. The number of nitrogens with one attached hydrogen (secondary N) is 1. The van der Waals surface area contributed by atoms with Crippen LogP contribution in [0, 0.1) is 18.3 Å². The zero-order valence-electron chi connectivity index (χ0n) is 18.4. The first-order chi connectivity index (χ1) is 15.9. The van der Waals surface area contributed by atoms with Crippen molar-refractivity contribution in [3.63, 3.8) is 0 Å². The highest BCUT2D eigenvalue weighted by Crippen LogP contribution is 2.36. The van der Waals surface area contributed by atoms with Crippen molar-refractivity contribution in [3.8, 4) is 29.2 Å². The van der Waals surface area contributed by atoms with Gasteiger partial charge in [-0.2, -0.15) is 5.26 Å². The quantitative estimate of drug-likeness (QED) is 0.426. The minimum absolute atomic E-state index is 0.226. The summed E-state index contributed by atoms with van der Waals surface area (Å²) in [5.41, 5.74) is 2.45. The normalized spacial score (nSPS) is 10.5. The molecule has 2 aromatic carbocycles. The number of anilines is 1. The van der Waals surface area contributed by atoms with Crippen LogP contribution in [0.15, 0.2) is 54.7 Å². The monoisotopic (exact) mass is 463 g/mol. The van der Waals surface area contributed by atoms with E-state index in [0.29, 0.717) is 45.7 Å². The minimum Gasteiger partial charge on any atom is -0.491 e. The van der Waals surface area contributed by atoms with Crippen LogP contribution in [-0.4, -0.2) is 24.6 Å². The lowest BCUT2D eigenvalue weighted by Crippen LogP contribution is -2.09.